The third-order valence-electron chi connectivity index (χ3n) is 3.82. The predicted molar refractivity (Wildman–Crippen MR) is 77.9 cm³/mol. The molecule has 0 unspecified atom stereocenters. The lowest BCUT2D eigenvalue weighted by Gasteiger charge is -2.39. The molecule has 0 spiro atoms. The molecule has 0 saturated carbocycles. The average Bonchev–Trinajstić information content (AvgIpc) is 2.94. The van der Waals surface area contributed by atoms with Crippen LogP contribution in [0.25, 0.3) is 0 Å². The highest BCUT2D eigenvalue weighted by Gasteiger charge is 2.36. The van der Waals surface area contributed by atoms with E-state index in [1.165, 1.54) is 0 Å². The van der Waals surface area contributed by atoms with E-state index in [-0.39, 0.29) is 11.8 Å². The monoisotopic (exact) mass is 302 g/mol. The molecule has 6 nitrogen and oxygen atoms in total. The van der Waals surface area contributed by atoms with Crippen LogP contribution in [-0.4, -0.2) is 41.3 Å². The molecule has 1 aliphatic heterocycles. The van der Waals surface area contributed by atoms with E-state index >= 15 is 0 Å². The highest BCUT2D eigenvalue weighted by Crippen LogP contribution is 2.29. The van der Waals surface area contributed by atoms with Crippen molar-refractivity contribution in [3.63, 3.8) is 0 Å². The van der Waals surface area contributed by atoms with Gasteiger partial charge in [-0.05, 0) is 5.56 Å². The minimum Gasteiger partial charge on any atom is -0.378 e. The van der Waals surface area contributed by atoms with E-state index in [2.05, 4.69) is 5.16 Å². The molecule has 1 amide bonds. The summed E-state index contributed by atoms with van der Waals surface area (Å²) in [5.74, 6) is 0.552. The van der Waals surface area contributed by atoms with Gasteiger partial charge in [0, 0.05) is 32.2 Å². The Morgan fingerprint density at radius 3 is 2.86 bits per heavy atom. The SMILES string of the molecule is COCc1cc(C2CN(C(=O)[C@H](O)c3ccccc3)C2)no1. The molecule has 1 atom stereocenters. The highest BCUT2D eigenvalue weighted by molar-refractivity contribution is 5.83. The number of likely N-dealkylation sites (tertiary alicyclic amines) is 1. The predicted octanol–water partition coefficient (Wildman–Crippen LogP) is 1.48. The Kier molecular flexibility index (Phi) is 4.22. The Balaban J connectivity index is 1.57. The summed E-state index contributed by atoms with van der Waals surface area (Å²) in [5.41, 5.74) is 1.44. The maximum Gasteiger partial charge on any atom is 0.256 e. The number of nitrogens with zero attached hydrogens (tertiary/aromatic N) is 2. The highest BCUT2D eigenvalue weighted by atomic mass is 16.5. The second-order valence-corrected chi connectivity index (χ2v) is 5.40. The molecule has 1 N–H and O–H groups in total. The van der Waals surface area contributed by atoms with Gasteiger partial charge in [0.1, 0.15) is 6.61 Å². The Morgan fingerprint density at radius 2 is 2.18 bits per heavy atom. The zero-order chi connectivity index (χ0) is 15.5. The summed E-state index contributed by atoms with van der Waals surface area (Å²) in [6.07, 6.45) is -1.11. The molecular weight excluding hydrogens is 284 g/mol. The summed E-state index contributed by atoms with van der Waals surface area (Å²) in [6, 6.07) is 10.8. The normalized spacial score (nSPS) is 16.4. The summed E-state index contributed by atoms with van der Waals surface area (Å²) in [7, 11) is 1.59. The summed E-state index contributed by atoms with van der Waals surface area (Å²) in [5, 5.41) is 14.1. The number of amides is 1. The summed E-state index contributed by atoms with van der Waals surface area (Å²) < 4.78 is 10.1. The number of carbonyl (C=O) groups excluding carboxylic acids is 1. The second kappa shape index (κ2) is 6.29. The number of methoxy groups -OCH3 is 1. The Labute approximate surface area is 128 Å². The summed E-state index contributed by atoms with van der Waals surface area (Å²) >= 11 is 0. The Hall–Kier alpha value is -2.18. The number of rotatable bonds is 5. The molecule has 2 aromatic rings. The fraction of sp³-hybridized carbons (Fsp3) is 0.375. The average molecular weight is 302 g/mol. The number of carbonyl (C=O) groups is 1. The van der Waals surface area contributed by atoms with Crippen molar-refractivity contribution >= 4 is 5.91 Å². The van der Waals surface area contributed by atoms with Gasteiger partial charge < -0.3 is 19.3 Å². The van der Waals surface area contributed by atoms with E-state index in [1.807, 2.05) is 12.1 Å². The van der Waals surface area contributed by atoms with Crippen LogP contribution in [0.3, 0.4) is 0 Å². The number of aliphatic hydroxyl groups excluding tert-OH is 1. The van der Waals surface area contributed by atoms with Crippen molar-refractivity contribution in [2.75, 3.05) is 20.2 Å². The van der Waals surface area contributed by atoms with Gasteiger partial charge in [0.05, 0.1) is 5.69 Å². The molecule has 1 aromatic carbocycles. The van der Waals surface area contributed by atoms with E-state index in [0.717, 1.165) is 5.69 Å². The van der Waals surface area contributed by atoms with Crippen LogP contribution in [0.2, 0.25) is 0 Å². The Morgan fingerprint density at radius 1 is 1.45 bits per heavy atom. The largest absolute Gasteiger partial charge is 0.378 e. The fourth-order valence-electron chi connectivity index (χ4n) is 2.53. The lowest BCUT2D eigenvalue weighted by Crippen LogP contribution is -2.50. The number of ether oxygens (including phenoxy) is 1. The van der Waals surface area contributed by atoms with Crippen LogP contribution in [0.4, 0.5) is 0 Å². The number of aromatic nitrogens is 1. The maximum atomic E-state index is 12.2. The minimum atomic E-state index is -1.11. The summed E-state index contributed by atoms with van der Waals surface area (Å²) in [4.78, 5) is 13.9. The maximum absolute atomic E-state index is 12.2. The van der Waals surface area contributed by atoms with Crippen molar-refractivity contribution in [2.45, 2.75) is 18.6 Å². The summed E-state index contributed by atoms with van der Waals surface area (Å²) in [6.45, 7) is 1.47. The van der Waals surface area contributed by atoms with Crippen molar-refractivity contribution in [1.82, 2.24) is 10.1 Å². The topological polar surface area (TPSA) is 75.8 Å². The third kappa shape index (κ3) is 2.88. The van der Waals surface area contributed by atoms with Gasteiger partial charge in [-0.1, -0.05) is 35.5 Å². The van der Waals surface area contributed by atoms with Crippen molar-refractivity contribution in [3.8, 4) is 0 Å². The fourth-order valence-corrected chi connectivity index (χ4v) is 2.53. The zero-order valence-electron chi connectivity index (χ0n) is 12.3. The number of hydrogen-bond acceptors (Lipinski definition) is 5. The van der Waals surface area contributed by atoms with Crippen molar-refractivity contribution < 1.29 is 19.2 Å². The molecule has 0 radical (unpaired) electrons. The first-order valence-electron chi connectivity index (χ1n) is 7.15. The number of hydrogen-bond donors (Lipinski definition) is 1. The molecule has 2 heterocycles. The number of aliphatic hydroxyl groups is 1. The van der Waals surface area contributed by atoms with Gasteiger partial charge in [0.2, 0.25) is 0 Å². The smallest absolute Gasteiger partial charge is 0.256 e. The van der Waals surface area contributed by atoms with E-state index in [0.29, 0.717) is 31.0 Å². The molecule has 1 aromatic heterocycles. The quantitative estimate of drug-likeness (QED) is 0.905. The molecule has 0 aliphatic carbocycles. The molecule has 6 heteroatoms. The molecule has 116 valence electrons. The van der Waals surface area contributed by atoms with Crippen LogP contribution in [-0.2, 0) is 16.1 Å². The van der Waals surface area contributed by atoms with E-state index < -0.39 is 6.10 Å². The van der Waals surface area contributed by atoms with Gasteiger partial charge in [-0.3, -0.25) is 4.79 Å². The first-order chi connectivity index (χ1) is 10.7. The van der Waals surface area contributed by atoms with Gasteiger partial charge in [-0.15, -0.1) is 0 Å². The standard InChI is InChI=1S/C16H18N2O4/c1-21-10-13-7-14(17-22-13)12-8-18(9-12)16(20)15(19)11-5-3-2-4-6-11/h2-7,12,15,19H,8-10H2,1H3/t15-/m1/s1. The molecule has 22 heavy (non-hydrogen) atoms. The van der Waals surface area contributed by atoms with Crippen molar-refractivity contribution in [2.24, 2.45) is 0 Å². The van der Waals surface area contributed by atoms with Crippen LogP contribution >= 0.6 is 0 Å². The molecular formula is C16H18N2O4. The molecule has 1 aliphatic rings. The zero-order valence-corrected chi connectivity index (χ0v) is 12.3. The number of benzene rings is 1. The van der Waals surface area contributed by atoms with Gasteiger partial charge >= 0.3 is 0 Å². The van der Waals surface area contributed by atoms with Crippen molar-refractivity contribution in [1.29, 1.82) is 0 Å². The van der Waals surface area contributed by atoms with Crippen LogP contribution in [0, 0.1) is 0 Å². The minimum absolute atomic E-state index is 0.154. The molecule has 3 rings (SSSR count). The lowest BCUT2D eigenvalue weighted by atomic mass is 9.94. The first-order valence-corrected chi connectivity index (χ1v) is 7.15. The molecule has 0 bridgehead atoms. The van der Waals surface area contributed by atoms with Crippen molar-refractivity contribution in [3.05, 3.63) is 53.4 Å². The third-order valence-corrected chi connectivity index (χ3v) is 3.82. The molecule has 1 saturated heterocycles. The van der Waals surface area contributed by atoms with Gasteiger partial charge in [-0.25, -0.2) is 0 Å². The van der Waals surface area contributed by atoms with E-state index in [4.69, 9.17) is 9.26 Å². The van der Waals surface area contributed by atoms with Gasteiger partial charge in [0.15, 0.2) is 11.9 Å². The second-order valence-electron chi connectivity index (χ2n) is 5.40. The van der Waals surface area contributed by atoms with Crippen LogP contribution in [0.15, 0.2) is 40.9 Å². The van der Waals surface area contributed by atoms with Crippen LogP contribution in [0.5, 0.6) is 0 Å². The van der Waals surface area contributed by atoms with Gasteiger partial charge in [-0.2, -0.15) is 0 Å². The van der Waals surface area contributed by atoms with E-state index in [9.17, 15) is 9.90 Å². The van der Waals surface area contributed by atoms with Gasteiger partial charge in [0.25, 0.3) is 5.91 Å². The van der Waals surface area contributed by atoms with Crippen LogP contribution in [0.1, 0.15) is 29.0 Å². The van der Waals surface area contributed by atoms with E-state index in [1.54, 1.807) is 36.3 Å². The Bertz CT molecular complexity index is 635. The first kappa shape index (κ1) is 14.7. The van der Waals surface area contributed by atoms with Crippen LogP contribution < -0.4 is 0 Å². The molecule has 1 fully saturated rings. The lowest BCUT2D eigenvalue weighted by molar-refractivity contribution is -0.145.